The summed E-state index contributed by atoms with van der Waals surface area (Å²) in [6.07, 6.45) is 9.52. The van der Waals surface area contributed by atoms with E-state index in [1.165, 1.54) is 17.6 Å². The predicted octanol–water partition coefficient (Wildman–Crippen LogP) is 6.56. The molecule has 0 aliphatic heterocycles. The number of hydrogen-bond acceptors (Lipinski definition) is 0. The number of allylic oxidation sites excluding steroid dienone is 6. The molecule has 0 aromatic heterocycles. The summed E-state index contributed by atoms with van der Waals surface area (Å²) in [6.45, 7) is 9.21. The highest BCUT2D eigenvalue weighted by Crippen LogP contribution is 2.37. The fourth-order valence-electron chi connectivity index (χ4n) is 3.53. The van der Waals surface area contributed by atoms with Crippen LogP contribution in [-0.4, -0.2) is 0 Å². The second-order valence-corrected chi connectivity index (χ2v) is 5.76. The molecule has 1 unspecified atom stereocenters. The van der Waals surface area contributed by atoms with Gasteiger partial charge in [-0.3, -0.25) is 0 Å². The van der Waals surface area contributed by atoms with Crippen LogP contribution in [0.2, 0.25) is 0 Å². The first-order valence-electron chi connectivity index (χ1n) is 8.44. The molecule has 0 radical (unpaired) electrons. The summed E-state index contributed by atoms with van der Waals surface area (Å²) in [5, 5.41) is 0. The Balaban J connectivity index is 2.60. The number of benzene rings is 1. The van der Waals surface area contributed by atoms with Crippen LogP contribution in [0.3, 0.4) is 0 Å². The smallest absolute Gasteiger partial charge is 0.00133 e. The molecule has 1 atom stereocenters. The highest BCUT2D eigenvalue weighted by molar-refractivity contribution is 5.78. The number of rotatable bonds is 5. The van der Waals surface area contributed by atoms with Gasteiger partial charge in [0.2, 0.25) is 0 Å². The van der Waals surface area contributed by atoms with Gasteiger partial charge in [0.15, 0.2) is 0 Å². The van der Waals surface area contributed by atoms with Crippen LogP contribution >= 0.6 is 0 Å². The zero-order valence-electron chi connectivity index (χ0n) is 13.9. The Kier molecular flexibility index (Phi) is 5.61. The molecule has 1 aliphatic carbocycles. The largest absolute Gasteiger partial charge is 0.0645 e. The zero-order chi connectivity index (χ0) is 15.2. The van der Waals surface area contributed by atoms with Crippen LogP contribution in [0.1, 0.15) is 58.9 Å². The van der Waals surface area contributed by atoms with Crippen LogP contribution in [-0.2, 0) is 0 Å². The molecule has 0 fully saturated rings. The van der Waals surface area contributed by atoms with Crippen molar-refractivity contribution in [2.75, 3.05) is 0 Å². The van der Waals surface area contributed by atoms with E-state index in [9.17, 15) is 0 Å². The van der Waals surface area contributed by atoms with E-state index in [0.29, 0.717) is 5.92 Å². The van der Waals surface area contributed by atoms with E-state index in [2.05, 4.69) is 70.2 Å². The van der Waals surface area contributed by atoms with Crippen LogP contribution < -0.4 is 0 Å². The second kappa shape index (κ2) is 7.45. The molecule has 0 heterocycles. The molecule has 112 valence electrons. The summed E-state index contributed by atoms with van der Waals surface area (Å²) in [7, 11) is 0. The van der Waals surface area contributed by atoms with E-state index in [-0.39, 0.29) is 0 Å². The molecule has 1 aromatic rings. The normalized spacial score (nSPS) is 19.1. The molecule has 1 aromatic carbocycles. The van der Waals surface area contributed by atoms with Crippen molar-refractivity contribution in [1.82, 2.24) is 0 Å². The minimum atomic E-state index is 0.632. The van der Waals surface area contributed by atoms with Crippen molar-refractivity contribution in [3.63, 3.8) is 0 Å². The Morgan fingerprint density at radius 2 is 1.52 bits per heavy atom. The summed E-state index contributed by atoms with van der Waals surface area (Å²) in [5.41, 5.74) is 7.50. The van der Waals surface area contributed by atoms with Crippen molar-refractivity contribution in [3.8, 4) is 0 Å². The molecule has 0 amide bonds. The summed E-state index contributed by atoms with van der Waals surface area (Å²) < 4.78 is 0. The molecule has 0 nitrogen and oxygen atoms in total. The lowest BCUT2D eigenvalue weighted by Crippen LogP contribution is -2.07. The molecular weight excluding hydrogens is 252 g/mol. The average molecular weight is 280 g/mol. The third-order valence-corrected chi connectivity index (χ3v) is 4.64. The minimum Gasteiger partial charge on any atom is -0.0645 e. The van der Waals surface area contributed by atoms with Crippen molar-refractivity contribution >= 4 is 5.57 Å². The first-order chi connectivity index (χ1) is 10.2. The lowest BCUT2D eigenvalue weighted by atomic mass is 9.83. The molecule has 0 N–H and O–H groups in total. The first-order valence-corrected chi connectivity index (χ1v) is 8.44. The SMILES string of the molecule is CCC1=CC(c2ccccc2)=CC(CC)=C(CC)C1CC. The summed E-state index contributed by atoms with van der Waals surface area (Å²) in [6, 6.07) is 10.8. The molecule has 0 saturated carbocycles. The van der Waals surface area contributed by atoms with Gasteiger partial charge in [-0.2, -0.15) is 0 Å². The van der Waals surface area contributed by atoms with E-state index < -0.39 is 0 Å². The van der Waals surface area contributed by atoms with Gasteiger partial charge in [-0.25, -0.2) is 0 Å². The van der Waals surface area contributed by atoms with Crippen LogP contribution in [0, 0.1) is 5.92 Å². The van der Waals surface area contributed by atoms with Gasteiger partial charge in [0.1, 0.15) is 0 Å². The van der Waals surface area contributed by atoms with E-state index in [0.717, 1.165) is 19.3 Å². The van der Waals surface area contributed by atoms with Crippen LogP contribution in [0.5, 0.6) is 0 Å². The van der Waals surface area contributed by atoms with E-state index in [1.54, 1.807) is 16.7 Å². The van der Waals surface area contributed by atoms with Crippen LogP contribution in [0.25, 0.3) is 5.57 Å². The van der Waals surface area contributed by atoms with Crippen molar-refractivity contribution in [2.45, 2.75) is 53.4 Å². The maximum Gasteiger partial charge on any atom is 0.00133 e. The van der Waals surface area contributed by atoms with Crippen molar-refractivity contribution in [1.29, 1.82) is 0 Å². The van der Waals surface area contributed by atoms with Gasteiger partial charge in [-0.15, -0.1) is 0 Å². The quantitative estimate of drug-likeness (QED) is 0.572. The summed E-state index contributed by atoms with van der Waals surface area (Å²) in [4.78, 5) is 0. The van der Waals surface area contributed by atoms with Crippen molar-refractivity contribution in [2.24, 2.45) is 5.92 Å². The van der Waals surface area contributed by atoms with Crippen LogP contribution in [0.4, 0.5) is 0 Å². The third-order valence-electron chi connectivity index (χ3n) is 4.64. The first kappa shape index (κ1) is 15.8. The van der Waals surface area contributed by atoms with Gasteiger partial charge in [0.25, 0.3) is 0 Å². The maximum absolute atomic E-state index is 2.45. The molecule has 21 heavy (non-hydrogen) atoms. The third kappa shape index (κ3) is 3.37. The Labute approximate surface area is 130 Å². The van der Waals surface area contributed by atoms with Gasteiger partial charge >= 0.3 is 0 Å². The second-order valence-electron chi connectivity index (χ2n) is 5.76. The van der Waals surface area contributed by atoms with E-state index in [4.69, 9.17) is 0 Å². The van der Waals surface area contributed by atoms with Crippen molar-refractivity contribution in [3.05, 3.63) is 64.8 Å². The predicted molar refractivity (Wildman–Crippen MR) is 94.2 cm³/mol. The molecule has 1 aliphatic rings. The molecule has 2 rings (SSSR count). The molecule has 0 heteroatoms. The highest BCUT2D eigenvalue weighted by Gasteiger charge is 2.20. The topological polar surface area (TPSA) is 0 Å². The van der Waals surface area contributed by atoms with Gasteiger partial charge in [-0.05, 0) is 42.4 Å². The van der Waals surface area contributed by atoms with Crippen LogP contribution in [0.15, 0.2) is 59.2 Å². The lowest BCUT2D eigenvalue weighted by Gasteiger charge is -2.22. The average Bonchev–Trinajstić information content (AvgIpc) is 2.71. The number of hydrogen-bond donors (Lipinski definition) is 0. The Morgan fingerprint density at radius 1 is 0.810 bits per heavy atom. The zero-order valence-corrected chi connectivity index (χ0v) is 13.9. The monoisotopic (exact) mass is 280 g/mol. The Bertz CT molecular complexity index is 555. The summed E-state index contributed by atoms with van der Waals surface area (Å²) >= 11 is 0. The van der Waals surface area contributed by atoms with Gasteiger partial charge in [0.05, 0.1) is 0 Å². The lowest BCUT2D eigenvalue weighted by molar-refractivity contribution is 0.633. The fraction of sp³-hybridized carbons (Fsp3) is 0.429. The van der Waals surface area contributed by atoms with Crippen molar-refractivity contribution < 1.29 is 0 Å². The molecular formula is C21H28. The minimum absolute atomic E-state index is 0.632. The molecule has 0 spiro atoms. The fourth-order valence-corrected chi connectivity index (χ4v) is 3.53. The Morgan fingerprint density at radius 3 is 2.05 bits per heavy atom. The van der Waals surface area contributed by atoms with Gasteiger partial charge in [0, 0.05) is 5.92 Å². The van der Waals surface area contributed by atoms with E-state index >= 15 is 0 Å². The van der Waals surface area contributed by atoms with Gasteiger partial charge < -0.3 is 0 Å². The molecule has 0 saturated heterocycles. The Hall–Kier alpha value is -1.56. The highest BCUT2D eigenvalue weighted by atomic mass is 14.3. The maximum atomic E-state index is 2.45. The summed E-state index contributed by atoms with van der Waals surface area (Å²) in [5.74, 6) is 0.632. The standard InChI is InChI=1S/C21H28/c1-5-16-14-19(18-12-10-9-11-13-18)15-17(6-2)21(8-4)20(16)7-3/h9-15,20H,5-8H2,1-4H3. The molecule has 0 bridgehead atoms. The van der Waals surface area contributed by atoms with Gasteiger partial charge in [-0.1, -0.05) is 81.3 Å². The van der Waals surface area contributed by atoms with E-state index in [1.807, 2.05) is 0 Å².